The van der Waals surface area contributed by atoms with Crippen LogP contribution in [-0.2, 0) is 14.3 Å². The second kappa shape index (κ2) is 11.6. The van der Waals surface area contributed by atoms with E-state index >= 15 is 0 Å². The third-order valence-corrected chi connectivity index (χ3v) is 7.64. The molecule has 0 bridgehead atoms. The molecule has 3 fully saturated rings. The number of thioether (sulfide) groups is 1. The first-order chi connectivity index (χ1) is 14.1. The summed E-state index contributed by atoms with van der Waals surface area (Å²) >= 11 is 1.79. The number of ether oxygens (including phenoxy) is 1. The Morgan fingerprint density at radius 1 is 1.14 bits per heavy atom. The molecule has 2 atom stereocenters. The van der Waals surface area contributed by atoms with Gasteiger partial charge in [-0.15, -0.1) is 11.8 Å². The van der Waals surface area contributed by atoms with Crippen molar-refractivity contribution >= 4 is 23.6 Å². The summed E-state index contributed by atoms with van der Waals surface area (Å²) in [5, 5.41) is 3.27. The molecule has 2 aliphatic heterocycles. The second-order valence-electron chi connectivity index (χ2n) is 9.11. The van der Waals surface area contributed by atoms with Crippen molar-refractivity contribution in [3.05, 3.63) is 0 Å². The number of carbonyl (C=O) groups is 2. The highest BCUT2D eigenvalue weighted by atomic mass is 32.2. The Balaban J connectivity index is 1.53. The molecule has 1 N–H and O–H groups in total. The van der Waals surface area contributed by atoms with E-state index < -0.39 is 0 Å². The number of nitrogens with zero attached hydrogens (tertiary/aromatic N) is 2. The van der Waals surface area contributed by atoms with Crippen LogP contribution in [0.2, 0.25) is 0 Å². The molecule has 0 aromatic rings. The molecular weight excluding hydrogens is 386 g/mol. The highest BCUT2D eigenvalue weighted by Crippen LogP contribution is 2.37. The van der Waals surface area contributed by atoms with Crippen molar-refractivity contribution in [3.8, 4) is 0 Å². The normalized spacial score (nSPS) is 26.8. The van der Waals surface area contributed by atoms with Gasteiger partial charge in [0.1, 0.15) is 6.04 Å². The van der Waals surface area contributed by atoms with E-state index in [-0.39, 0.29) is 29.1 Å². The Kier molecular flexibility index (Phi) is 9.12. The van der Waals surface area contributed by atoms with Crippen molar-refractivity contribution in [1.29, 1.82) is 0 Å². The van der Waals surface area contributed by atoms with Crippen molar-refractivity contribution in [2.75, 3.05) is 45.1 Å². The van der Waals surface area contributed by atoms with Crippen LogP contribution < -0.4 is 5.32 Å². The average Bonchev–Trinajstić information content (AvgIpc) is 3.14. The molecule has 7 heteroatoms. The highest BCUT2D eigenvalue weighted by Gasteiger charge is 2.43. The number of morpholine rings is 1. The van der Waals surface area contributed by atoms with Gasteiger partial charge in [0.25, 0.3) is 0 Å². The minimum absolute atomic E-state index is 0.0369. The first-order valence-corrected chi connectivity index (χ1v) is 12.6. The Bertz CT molecular complexity index is 533. The molecule has 0 radical (unpaired) electrons. The van der Waals surface area contributed by atoms with Crippen molar-refractivity contribution < 1.29 is 14.3 Å². The Hall–Kier alpha value is -0.790. The number of rotatable bonds is 8. The van der Waals surface area contributed by atoms with Crippen LogP contribution in [-0.4, -0.2) is 78.2 Å². The molecule has 2 unspecified atom stereocenters. The van der Waals surface area contributed by atoms with Crippen molar-refractivity contribution in [1.82, 2.24) is 15.1 Å². The number of hydrogen-bond acceptors (Lipinski definition) is 5. The summed E-state index contributed by atoms with van der Waals surface area (Å²) < 4.78 is 5.38. The Labute approximate surface area is 180 Å². The highest BCUT2D eigenvalue weighted by molar-refractivity contribution is 8.00. The van der Waals surface area contributed by atoms with Crippen LogP contribution in [0.25, 0.3) is 0 Å². The van der Waals surface area contributed by atoms with Gasteiger partial charge in [-0.25, -0.2) is 0 Å². The minimum atomic E-state index is -0.304. The van der Waals surface area contributed by atoms with Gasteiger partial charge in [-0.2, -0.15) is 0 Å². The molecule has 0 spiro atoms. The van der Waals surface area contributed by atoms with Gasteiger partial charge in [0.15, 0.2) is 0 Å². The summed E-state index contributed by atoms with van der Waals surface area (Å²) in [5.41, 5.74) is 0. The van der Waals surface area contributed by atoms with Gasteiger partial charge < -0.3 is 15.0 Å². The van der Waals surface area contributed by atoms with E-state index in [1.54, 1.807) is 11.8 Å². The minimum Gasteiger partial charge on any atom is -0.379 e. The molecule has 2 heterocycles. The maximum Gasteiger partial charge on any atom is 0.243 e. The molecule has 2 amide bonds. The average molecular weight is 426 g/mol. The maximum absolute atomic E-state index is 13.4. The van der Waals surface area contributed by atoms with Gasteiger partial charge in [-0.3, -0.25) is 14.5 Å². The zero-order chi connectivity index (χ0) is 20.6. The lowest BCUT2D eigenvalue weighted by Gasteiger charge is -2.34. The number of carbonyl (C=O) groups excluding carboxylic acids is 2. The van der Waals surface area contributed by atoms with Gasteiger partial charge in [-0.1, -0.05) is 33.1 Å². The molecule has 0 aromatic heterocycles. The molecule has 29 heavy (non-hydrogen) atoms. The first kappa shape index (κ1) is 22.9. The Morgan fingerprint density at radius 3 is 2.55 bits per heavy atom. The van der Waals surface area contributed by atoms with E-state index in [0.29, 0.717) is 12.5 Å². The molecule has 166 valence electrons. The fourth-order valence-electron chi connectivity index (χ4n) is 4.66. The first-order valence-electron chi connectivity index (χ1n) is 11.6. The van der Waals surface area contributed by atoms with Gasteiger partial charge in [0.05, 0.1) is 18.6 Å². The smallest absolute Gasteiger partial charge is 0.243 e. The lowest BCUT2D eigenvalue weighted by atomic mass is 9.87. The number of nitrogens with one attached hydrogen (secondary N) is 1. The number of hydrogen-bond donors (Lipinski definition) is 1. The van der Waals surface area contributed by atoms with Crippen molar-refractivity contribution in [3.63, 3.8) is 0 Å². The topological polar surface area (TPSA) is 61.9 Å². The van der Waals surface area contributed by atoms with Crippen LogP contribution in [0.15, 0.2) is 0 Å². The maximum atomic E-state index is 13.4. The van der Waals surface area contributed by atoms with E-state index in [4.69, 9.17) is 4.74 Å². The SMILES string of the molecule is CC(C)CC1SCC(C(=O)NCCCN2CCOCC2)N1C(=O)C1CCCCC1. The van der Waals surface area contributed by atoms with Crippen LogP contribution in [0.4, 0.5) is 0 Å². The van der Waals surface area contributed by atoms with E-state index in [2.05, 4.69) is 24.1 Å². The summed E-state index contributed by atoms with van der Waals surface area (Å²) in [6, 6.07) is -0.304. The number of amides is 2. The second-order valence-corrected chi connectivity index (χ2v) is 10.3. The molecule has 1 aliphatic carbocycles. The predicted molar refractivity (Wildman–Crippen MR) is 118 cm³/mol. The van der Waals surface area contributed by atoms with E-state index in [1.807, 2.05) is 4.90 Å². The van der Waals surface area contributed by atoms with Gasteiger partial charge in [0.2, 0.25) is 11.8 Å². The molecular formula is C22H39N3O3S. The van der Waals surface area contributed by atoms with Crippen molar-refractivity contribution in [2.45, 2.75) is 70.2 Å². The summed E-state index contributed by atoms with van der Waals surface area (Å²) in [6.45, 7) is 9.64. The van der Waals surface area contributed by atoms with Gasteiger partial charge >= 0.3 is 0 Å². The predicted octanol–water partition coefficient (Wildman–Crippen LogP) is 2.72. The molecule has 2 saturated heterocycles. The lowest BCUT2D eigenvalue weighted by molar-refractivity contribution is -0.144. The summed E-state index contributed by atoms with van der Waals surface area (Å²) in [7, 11) is 0. The van der Waals surface area contributed by atoms with Crippen LogP contribution in [0.1, 0.15) is 58.8 Å². The third kappa shape index (κ3) is 6.59. The zero-order valence-corrected chi connectivity index (χ0v) is 19.1. The van der Waals surface area contributed by atoms with E-state index in [9.17, 15) is 9.59 Å². The molecule has 3 aliphatic rings. The van der Waals surface area contributed by atoms with Crippen LogP contribution in [0, 0.1) is 11.8 Å². The van der Waals surface area contributed by atoms with Crippen molar-refractivity contribution in [2.24, 2.45) is 11.8 Å². The standard InChI is InChI=1S/C22H39N3O3S/c1-17(2)15-20-25(22(27)18-7-4-3-5-8-18)19(16-29-20)21(26)23-9-6-10-24-11-13-28-14-12-24/h17-20H,3-16H2,1-2H3,(H,23,26). The van der Waals surface area contributed by atoms with Gasteiger partial charge in [-0.05, 0) is 38.1 Å². The quantitative estimate of drug-likeness (QED) is 0.606. The fraction of sp³-hybridized carbons (Fsp3) is 0.909. The molecule has 1 saturated carbocycles. The van der Waals surface area contributed by atoms with Crippen LogP contribution >= 0.6 is 11.8 Å². The van der Waals surface area contributed by atoms with Crippen LogP contribution in [0.5, 0.6) is 0 Å². The van der Waals surface area contributed by atoms with E-state index in [0.717, 1.165) is 77.1 Å². The molecule has 3 rings (SSSR count). The summed E-state index contributed by atoms with van der Waals surface area (Å²) in [6.07, 6.45) is 7.41. The summed E-state index contributed by atoms with van der Waals surface area (Å²) in [4.78, 5) is 30.7. The summed E-state index contributed by atoms with van der Waals surface area (Å²) in [5.74, 6) is 1.63. The third-order valence-electron chi connectivity index (χ3n) is 6.33. The monoisotopic (exact) mass is 425 g/mol. The molecule has 0 aromatic carbocycles. The largest absolute Gasteiger partial charge is 0.379 e. The lowest BCUT2D eigenvalue weighted by Crippen LogP contribution is -2.52. The van der Waals surface area contributed by atoms with Gasteiger partial charge in [0, 0.05) is 31.3 Å². The Morgan fingerprint density at radius 2 is 1.86 bits per heavy atom. The zero-order valence-electron chi connectivity index (χ0n) is 18.2. The van der Waals surface area contributed by atoms with Crippen LogP contribution in [0.3, 0.4) is 0 Å². The van der Waals surface area contributed by atoms with E-state index in [1.165, 1.54) is 6.42 Å². The molecule has 6 nitrogen and oxygen atoms in total. The fourth-order valence-corrected chi connectivity index (χ4v) is 6.31.